The number of anilines is 1. The molecule has 1 fully saturated rings. The Morgan fingerprint density at radius 2 is 2.07 bits per heavy atom. The monoisotopic (exact) mass is 380 g/mol. The van der Waals surface area contributed by atoms with Gasteiger partial charge in [-0.25, -0.2) is 0 Å². The highest BCUT2D eigenvalue weighted by Gasteiger charge is 2.35. The number of amides is 1. The lowest BCUT2D eigenvalue weighted by atomic mass is 10.1. The first-order valence-corrected chi connectivity index (χ1v) is 9.98. The van der Waals surface area contributed by atoms with Gasteiger partial charge in [0.05, 0.1) is 5.92 Å². The Kier molecular flexibility index (Phi) is 4.96. The molecule has 1 unspecified atom stereocenters. The molecule has 0 saturated carbocycles. The molecule has 0 spiro atoms. The van der Waals surface area contributed by atoms with Crippen molar-refractivity contribution in [3.8, 4) is 11.4 Å². The highest BCUT2D eigenvalue weighted by molar-refractivity contribution is 7.98. The fourth-order valence-corrected chi connectivity index (χ4v) is 3.66. The van der Waals surface area contributed by atoms with E-state index < -0.39 is 0 Å². The van der Waals surface area contributed by atoms with Crippen LogP contribution >= 0.6 is 11.8 Å². The number of carbonyl (C=O) groups is 1. The number of aromatic nitrogens is 2. The molecule has 6 nitrogen and oxygen atoms in total. The summed E-state index contributed by atoms with van der Waals surface area (Å²) in [5.74, 6) is 1.01. The summed E-state index contributed by atoms with van der Waals surface area (Å²) < 4.78 is 5.47. The zero-order valence-electron chi connectivity index (χ0n) is 15.0. The van der Waals surface area contributed by atoms with Gasteiger partial charge in [0, 0.05) is 35.7 Å². The van der Waals surface area contributed by atoms with Crippen molar-refractivity contribution in [3.63, 3.8) is 0 Å². The quantitative estimate of drug-likeness (QED) is 0.683. The van der Waals surface area contributed by atoms with Gasteiger partial charge in [-0.05, 0) is 30.0 Å². The lowest BCUT2D eigenvalue weighted by Gasteiger charge is -2.16. The van der Waals surface area contributed by atoms with E-state index in [-0.39, 0.29) is 11.8 Å². The Morgan fingerprint density at radius 1 is 1.26 bits per heavy atom. The van der Waals surface area contributed by atoms with Crippen LogP contribution in [0.15, 0.2) is 57.9 Å². The molecular formula is C20H20N4O2S. The molecule has 2 heterocycles. The molecule has 0 bridgehead atoms. The molecule has 1 saturated heterocycles. The summed E-state index contributed by atoms with van der Waals surface area (Å²) in [6.07, 6.45) is 2.39. The normalized spacial score (nSPS) is 16.9. The first-order chi connectivity index (χ1) is 13.2. The molecule has 2 N–H and O–H groups in total. The van der Waals surface area contributed by atoms with Crippen LogP contribution in [-0.2, 0) is 11.3 Å². The Morgan fingerprint density at radius 3 is 2.81 bits per heavy atom. The van der Waals surface area contributed by atoms with Crippen molar-refractivity contribution in [2.45, 2.75) is 23.8 Å². The van der Waals surface area contributed by atoms with Gasteiger partial charge in [0.2, 0.25) is 17.6 Å². The maximum atomic E-state index is 12.5. The molecule has 1 atom stereocenters. The molecule has 27 heavy (non-hydrogen) atoms. The third kappa shape index (κ3) is 3.61. The third-order valence-corrected chi connectivity index (χ3v) is 5.45. The minimum Gasteiger partial charge on any atom is -0.339 e. The van der Waals surface area contributed by atoms with Crippen LogP contribution in [0.3, 0.4) is 0 Å². The van der Waals surface area contributed by atoms with Crippen LogP contribution in [0.1, 0.15) is 23.8 Å². The van der Waals surface area contributed by atoms with Gasteiger partial charge >= 0.3 is 0 Å². The van der Waals surface area contributed by atoms with Gasteiger partial charge in [-0.3, -0.25) is 4.79 Å². The van der Waals surface area contributed by atoms with Crippen LogP contribution in [0.2, 0.25) is 0 Å². The van der Waals surface area contributed by atoms with Gasteiger partial charge in [-0.15, -0.1) is 11.8 Å². The highest BCUT2D eigenvalue weighted by atomic mass is 32.2. The molecule has 2 aromatic carbocycles. The van der Waals surface area contributed by atoms with Crippen molar-refractivity contribution in [3.05, 3.63) is 60.0 Å². The van der Waals surface area contributed by atoms with Gasteiger partial charge in [0.1, 0.15) is 0 Å². The van der Waals surface area contributed by atoms with Crippen molar-refractivity contribution in [1.29, 1.82) is 0 Å². The number of thioether (sulfide) groups is 1. The van der Waals surface area contributed by atoms with Crippen LogP contribution in [0.5, 0.6) is 0 Å². The maximum absolute atomic E-state index is 12.5. The van der Waals surface area contributed by atoms with E-state index in [0.717, 1.165) is 21.7 Å². The molecule has 138 valence electrons. The van der Waals surface area contributed by atoms with Crippen LogP contribution in [0, 0.1) is 0 Å². The molecule has 7 heteroatoms. The fraction of sp³-hybridized carbons (Fsp3) is 0.250. The van der Waals surface area contributed by atoms with E-state index in [1.807, 2.05) is 54.8 Å². The lowest BCUT2D eigenvalue weighted by Crippen LogP contribution is -2.24. The van der Waals surface area contributed by atoms with Crippen molar-refractivity contribution in [2.75, 3.05) is 17.7 Å². The smallest absolute Gasteiger partial charge is 0.232 e. The van der Waals surface area contributed by atoms with E-state index in [0.29, 0.717) is 31.2 Å². The number of hydrogen-bond acceptors (Lipinski definition) is 6. The first-order valence-electron chi connectivity index (χ1n) is 8.75. The van der Waals surface area contributed by atoms with Gasteiger partial charge in [0.15, 0.2) is 0 Å². The first kappa shape index (κ1) is 17.8. The Bertz CT molecular complexity index is 955. The van der Waals surface area contributed by atoms with Crippen LogP contribution in [0.4, 0.5) is 5.69 Å². The van der Waals surface area contributed by atoms with E-state index in [2.05, 4.69) is 10.1 Å². The number of carbonyl (C=O) groups excluding carboxylic acids is 1. The summed E-state index contributed by atoms with van der Waals surface area (Å²) in [5.41, 5.74) is 8.46. The molecule has 1 aromatic heterocycles. The largest absolute Gasteiger partial charge is 0.339 e. The molecule has 1 aliphatic rings. The van der Waals surface area contributed by atoms with E-state index >= 15 is 0 Å². The number of nitrogens with two attached hydrogens (primary N) is 1. The summed E-state index contributed by atoms with van der Waals surface area (Å²) in [6, 6.07) is 15.7. The second-order valence-corrected chi connectivity index (χ2v) is 7.34. The second kappa shape index (κ2) is 7.54. The third-order valence-electron chi connectivity index (χ3n) is 4.73. The molecule has 3 aromatic rings. The second-order valence-electron chi connectivity index (χ2n) is 6.46. The van der Waals surface area contributed by atoms with Crippen molar-refractivity contribution in [1.82, 2.24) is 10.1 Å². The lowest BCUT2D eigenvalue weighted by molar-refractivity contribution is -0.117. The number of rotatable bonds is 5. The average molecular weight is 380 g/mol. The minimum atomic E-state index is -0.0972. The Balaban J connectivity index is 1.53. The molecule has 4 rings (SSSR count). The Labute approximate surface area is 161 Å². The fourth-order valence-electron chi connectivity index (χ4n) is 3.21. The number of benzene rings is 2. The molecule has 0 radical (unpaired) electrons. The maximum Gasteiger partial charge on any atom is 0.232 e. The topological polar surface area (TPSA) is 85.2 Å². The summed E-state index contributed by atoms with van der Waals surface area (Å²) in [5, 5.41) is 4.09. The predicted octanol–water partition coefficient (Wildman–Crippen LogP) is 3.44. The zero-order valence-corrected chi connectivity index (χ0v) is 15.8. The molecular weight excluding hydrogens is 360 g/mol. The SMILES string of the molecule is CSc1cccc(N2CC(c3nc(-c4ccc(CN)cc4)no3)CC2=O)c1. The van der Waals surface area contributed by atoms with Gasteiger partial charge in [-0.2, -0.15) is 4.98 Å². The van der Waals surface area contributed by atoms with Gasteiger partial charge < -0.3 is 15.2 Å². The van der Waals surface area contributed by atoms with Crippen molar-refractivity contribution >= 4 is 23.4 Å². The molecule has 1 aliphatic heterocycles. The van der Waals surface area contributed by atoms with Crippen LogP contribution in [-0.4, -0.2) is 28.8 Å². The molecule has 0 aliphatic carbocycles. The van der Waals surface area contributed by atoms with Crippen LogP contribution < -0.4 is 10.6 Å². The number of hydrogen-bond donors (Lipinski definition) is 1. The summed E-state index contributed by atoms with van der Waals surface area (Å²) in [4.78, 5) is 20.0. The zero-order chi connectivity index (χ0) is 18.8. The Hall–Kier alpha value is -2.64. The summed E-state index contributed by atoms with van der Waals surface area (Å²) in [6.45, 7) is 1.04. The number of nitrogens with zero attached hydrogens (tertiary/aromatic N) is 3. The summed E-state index contributed by atoms with van der Waals surface area (Å²) in [7, 11) is 0. The van der Waals surface area contributed by atoms with E-state index in [1.165, 1.54) is 0 Å². The molecule has 1 amide bonds. The van der Waals surface area contributed by atoms with Gasteiger partial charge in [-0.1, -0.05) is 35.5 Å². The van der Waals surface area contributed by atoms with Gasteiger partial charge in [0.25, 0.3) is 0 Å². The van der Waals surface area contributed by atoms with Crippen molar-refractivity contribution < 1.29 is 9.32 Å². The summed E-state index contributed by atoms with van der Waals surface area (Å²) >= 11 is 1.66. The van der Waals surface area contributed by atoms with Crippen molar-refractivity contribution in [2.24, 2.45) is 5.73 Å². The van der Waals surface area contributed by atoms with E-state index in [4.69, 9.17) is 10.3 Å². The average Bonchev–Trinajstić information content (AvgIpc) is 3.35. The van der Waals surface area contributed by atoms with E-state index in [9.17, 15) is 4.79 Å². The highest BCUT2D eigenvalue weighted by Crippen LogP contribution is 2.33. The standard InChI is InChI=1S/C20H20N4O2S/c1-27-17-4-2-3-16(10-17)24-12-15(9-18(24)25)20-22-19(23-26-20)14-7-5-13(11-21)6-8-14/h2-8,10,15H,9,11-12,21H2,1H3. The van der Waals surface area contributed by atoms with Crippen LogP contribution in [0.25, 0.3) is 11.4 Å². The predicted molar refractivity (Wildman–Crippen MR) is 106 cm³/mol. The minimum absolute atomic E-state index is 0.0744. The van der Waals surface area contributed by atoms with E-state index in [1.54, 1.807) is 16.7 Å².